The molecule has 0 unspecified atom stereocenters. The van der Waals surface area contributed by atoms with Gasteiger partial charge in [-0.3, -0.25) is 0 Å². The van der Waals surface area contributed by atoms with Crippen LogP contribution in [-0.4, -0.2) is 25.0 Å². The van der Waals surface area contributed by atoms with Crippen molar-refractivity contribution in [1.29, 1.82) is 0 Å². The highest BCUT2D eigenvalue weighted by atomic mass is 15.1. The maximum Gasteiger partial charge on any atom is 0.0299 e. The summed E-state index contributed by atoms with van der Waals surface area (Å²) in [5.41, 5.74) is 1.32. The van der Waals surface area contributed by atoms with E-state index in [1.54, 1.807) is 0 Å². The molecule has 0 aliphatic heterocycles. The standard InChI is InChI=1S/C11H16.C5H13N.C2H6/c1-4-6-8-10-11(3)9-7-5-2;1-4-6(3)5-2;1-2/h6,8,10H,4,9H2,1-3H3;4-5H2,1-3H3;1-2H3/b8-6-,11-10-;;. The van der Waals surface area contributed by atoms with Crippen molar-refractivity contribution in [2.45, 2.75) is 61.3 Å². The van der Waals surface area contributed by atoms with Crippen LogP contribution in [0.5, 0.6) is 0 Å². The minimum absolute atomic E-state index is 0.893. The van der Waals surface area contributed by atoms with Crippen molar-refractivity contribution in [3.8, 4) is 11.8 Å². The van der Waals surface area contributed by atoms with Gasteiger partial charge in [0, 0.05) is 6.42 Å². The summed E-state index contributed by atoms with van der Waals surface area (Å²) in [6.07, 6.45) is 8.34. The smallest absolute Gasteiger partial charge is 0.0299 e. The quantitative estimate of drug-likeness (QED) is 0.482. The lowest BCUT2D eigenvalue weighted by Gasteiger charge is -2.07. The summed E-state index contributed by atoms with van der Waals surface area (Å²) in [5.74, 6) is 5.90. The summed E-state index contributed by atoms with van der Waals surface area (Å²) in [7, 11) is 2.11. The van der Waals surface area contributed by atoms with Crippen LogP contribution >= 0.6 is 0 Å². The zero-order chi connectivity index (χ0) is 15.5. The molecule has 0 aliphatic rings. The van der Waals surface area contributed by atoms with Crippen LogP contribution in [0.2, 0.25) is 0 Å². The second-order valence-corrected chi connectivity index (χ2v) is 3.94. The monoisotopic (exact) mass is 265 g/mol. The van der Waals surface area contributed by atoms with Crippen LogP contribution < -0.4 is 0 Å². The van der Waals surface area contributed by atoms with Gasteiger partial charge in [0.2, 0.25) is 0 Å². The zero-order valence-corrected chi connectivity index (χ0v) is 14.5. The van der Waals surface area contributed by atoms with Gasteiger partial charge in [-0.2, -0.15) is 0 Å². The minimum Gasteiger partial charge on any atom is -0.307 e. The van der Waals surface area contributed by atoms with Crippen molar-refractivity contribution in [2.75, 3.05) is 20.1 Å². The third-order valence-electron chi connectivity index (χ3n) is 2.38. The number of rotatable bonds is 5. The van der Waals surface area contributed by atoms with Gasteiger partial charge >= 0.3 is 0 Å². The van der Waals surface area contributed by atoms with E-state index in [4.69, 9.17) is 0 Å². The molecule has 0 aliphatic carbocycles. The van der Waals surface area contributed by atoms with E-state index >= 15 is 0 Å². The molecule has 0 amide bonds. The molecule has 0 saturated heterocycles. The number of hydrogen-bond acceptors (Lipinski definition) is 1. The van der Waals surface area contributed by atoms with Crippen molar-refractivity contribution in [1.82, 2.24) is 4.90 Å². The van der Waals surface area contributed by atoms with E-state index < -0.39 is 0 Å². The topological polar surface area (TPSA) is 3.24 Å². The molecule has 0 aromatic carbocycles. The van der Waals surface area contributed by atoms with E-state index in [0.29, 0.717) is 0 Å². The molecule has 0 aromatic rings. The minimum atomic E-state index is 0.893. The van der Waals surface area contributed by atoms with Crippen molar-refractivity contribution < 1.29 is 0 Å². The molecule has 0 radical (unpaired) electrons. The number of hydrogen-bond donors (Lipinski definition) is 0. The molecular formula is C18H35N. The Kier molecular flexibility index (Phi) is 27.0. The van der Waals surface area contributed by atoms with Gasteiger partial charge in [0.05, 0.1) is 0 Å². The van der Waals surface area contributed by atoms with Crippen LogP contribution in [-0.2, 0) is 0 Å². The molecule has 112 valence electrons. The van der Waals surface area contributed by atoms with Gasteiger partial charge in [0.1, 0.15) is 0 Å². The third kappa shape index (κ3) is 26.6. The first kappa shape index (κ1) is 23.1. The molecule has 0 heterocycles. The van der Waals surface area contributed by atoms with E-state index in [2.05, 4.69) is 69.7 Å². The Morgan fingerprint density at radius 3 is 1.95 bits per heavy atom. The van der Waals surface area contributed by atoms with Gasteiger partial charge in [-0.05, 0) is 40.4 Å². The van der Waals surface area contributed by atoms with Gasteiger partial charge in [0.25, 0.3) is 0 Å². The van der Waals surface area contributed by atoms with Crippen LogP contribution in [0.25, 0.3) is 0 Å². The van der Waals surface area contributed by atoms with E-state index in [0.717, 1.165) is 25.9 Å². The third-order valence-corrected chi connectivity index (χ3v) is 2.38. The van der Waals surface area contributed by atoms with E-state index in [1.165, 1.54) is 5.57 Å². The fourth-order valence-corrected chi connectivity index (χ4v) is 0.879. The van der Waals surface area contributed by atoms with Crippen LogP contribution in [0.3, 0.4) is 0 Å². The summed E-state index contributed by atoms with van der Waals surface area (Å²) in [5, 5.41) is 0. The van der Waals surface area contributed by atoms with Crippen LogP contribution in [0.15, 0.2) is 23.8 Å². The average Bonchev–Trinajstić information content (AvgIpc) is 2.47. The maximum absolute atomic E-state index is 3.02. The summed E-state index contributed by atoms with van der Waals surface area (Å²) in [6.45, 7) is 16.7. The summed E-state index contributed by atoms with van der Waals surface area (Å²) < 4.78 is 0. The Labute approximate surface area is 122 Å². The predicted octanol–water partition coefficient (Wildman–Crippen LogP) is 5.30. The van der Waals surface area contributed by atoms with Crippen LogP contribution in [0.1, 0.15) is 61.3 Å². The summed E-state index contributed by atoms with van der Waals surface area (Å²) in [6, 6.07) is 0. The van der Waals surface area contributed by atoms with Gasteiger partial charge < -0.3 is 4.90 Å². The van der Waals surface area contributed by atoms with Gasteiger partial charge in [-0.25, -0.2) is 0 Å². The first-order valence-electron chi connectivity index (χ1n) is 7.52. The molecular weight excluding hydrogens is 230 g/mol. The van der Waals surface area contributed by atoms with Gasteiger partial charge in [0.15, 0.2) is 0 Å². The molecule has 1 nitrogen and oxygen atoms in total. The second kappa shape index (κ2) is 22.2. The summed E-state index contributed by atoms with van der Waals surface area (Å²) in [4.78, 5) is 2.25. The molecule has 0 N–H and O–H groups in total. The average molecular weight is 265 g/mol. The molecule has 0 saturated carbocycles. The largest absolute Gasteiger partial charge is 0.307 e. The molecule has 19 heavy (non-hydrogen) atoms. The summed E-state index contributed by atoms with van der Waals surface area (Å²) >= 11 is 0. The Morgan fingerprint density at radius 1 is 1.11 bits per heavy atom. The lowest BCUT2D eigenvalue weighted by molar-refractivity contribution is 0.373. The Morgan fingerprint density at radius 2 is 1.63 bits per heavy atom. The van der Waals surface area contributed by atoms with Crippen LogP contribution in [0.4, 0.5) is 0 Å². The lowest BCUT2D eigenvalue weighted by atomic mass is 10.2. The van der Waals surface area contributed by atoms with Crippen molar-refractivity contribution in [3.05, 3.63) is 23.8 Å². The predicted molar refractivity (Wildman–Crippen MR) is 91.4 cm³/mol. The first-order valence-corrected chi connectivity index (χ1v) is 7.52. The molecule has 0 atom stereocenters. The number of nitrogens with zero attached hydrogens (tertiary/aromatic N) is 1. The highest BCUT2D eigenvalue weighted by molar-refractivity contribution is 5.16. The van der Waals surface area contributed by atoms with Gasteiger partial charge in [-0.1, -0.05) is 64.3 Å². The molecule has 0 spiro atoms. The van der Waals surface area contributed by atoms with Gasteiger partial charge in [-0.15, -0.1) is 5.92 Å². The highest BCUT2D eigenvalue weighted by Crippen LogP contribution is 1.98. The van der Waals surface area contributed by atoms with Crippen molar-refractivity contribution >= 4 is 0 Å². The zero-order valence-electron chi connectivity index (χ0n) is 14.5. The van der Waals surface area contributed by atoms with Crippen molar-refractivity contribution in [3.63, 3.8) is 0 Å². The Bertz CT molecular complexity index is 259. The Hall–Kier alpha value is -1.00. The van der Waals surface area contributed by atoms with E-state index in [-0.39, 0.29) is 0 Å². The molecule has 0 bridgehead atoms. The molecule has 1 heteroatoms. The van der Waals surface area contributed by atoms with Crippen molar-refractivity contribution in [2.24, 2.45) is 0 Å². The Balaban J connectivity index is -0.000000271. The molecule has 0 rings (SSSR count). The van der Waals surface area contributed by atoms with Crippen LogP contribution in [0, 0.1) is 11.8 Å². The fourth-order valence-electron chi connectivity index (χ4n) is 0.879. The lowest BCUT2D eigenvalue weighted by Crippen LogP contribution is -2.15. The number of allylic oxidation sites excluding steroid dienone is 4. The highest BCUT2D eigenvalue weighted by Gasteiger charge is 1.81. The van der Waals surface area contributed by atoms with E-state index in [9.17, 15) is 0 Å². The second-order valence-electron chi connectivity index (χ2n) is 3.94. The first-order chi connectivity index (χ1) is 9.12. The maximum atomic E-state index is 3.02. The molecule has 0 aromatic heterocycles. The van der Waals surface area contributed by atoms with E-state index in [1.807, 2.05) is 20.8 Å². The molecule has 0 fully saturated rings. The normalized spacial score (nSPS) is 10.1. The fraction of sp³-hybridized carbons (Fsp3) is 0.667. The SMILES string of the molecule is CC.CC#CC/C(C)=C\C=C/CC.CCN(C)CC.